The molecule has 0 saturated heterocycles. The van der Waals surface area contributed by atoms with Crippen LogP contribution in [0.3, 0.4) is 0 Å². The molecule has 0 saturated carbocycles. The van der Waals surface area contributed by atoms with Gasteiger partial charge in [-0.3, -0.25) is 10.4 Å². The van der Waals surface area contributed by atoms with E-state index in [2.05, 4.69) is 9.97 Å². The second-order valence-corrected chi connectivity index (χ2v) is 4.72. The highest BCUT2D eigenvalue weighted by atomic mass is 35.5. The Morgan fingerprint density at radius 2 is 1.81 bits per heavy atom. The van der Waals surface area contributed by atoms with Crippen molar-refractivity contribution < 1.29 is 4.74 Å². The highest BCUT2D eigenvalue weighted by Gasteiger charge is 2.12. The maximum Gasteiger partial charge on any atom is 0.156 e. The summed E-state index contributed by atoms with van der Waals surface area (Å²) in [5.41, 5.74) is 6.44. The van der Waals surface area contributed by atoms with E-state index < -0.39 is 0 Å². The number of hydrogen-bond acceptors (Lipinski definition) is 4. The summed E-state index contributed by atoms with van der Waals surface area (Å²) in [6.45, 7) is 0. The quantitative estimate of drug-likeness (QED) is 0.573. The Bertz CT molecular complexity index is 835. The third-order valence-electron chi connectivity index (χ3n) is 2.93. The highest BCUT2D eigenvalue weighted by molar-refractivity contribution is 6.35. The normalized spacial score (nSPS) is 10.5. The van der Waals surface area contributed by atoms with Crippen molar-refractivity contribution in [2.45, 2.75) is 0 Å². The number of nitrogens with zero attached hydrogens (tertiary/aromatic N) is 2. The fraction of sp³-hybridized carbons (Fsp3) is 0. The molecule has 5 nitrogen and oxygen atoms in total. The second kappa shape index (κ2) is 5.38. The predicted molar refractivity (Wildman–Crippen MR) is 82.1 cm³/mol. The first-order chi connectivity index (χ1) is 10.2. The highest BCUT2D eigenvalue weighted by Crippen LogP contribution is 2.33. The van der Waals surface area contributed by atoms with Crippen LogP contribution < -0.4 is 10.5 Å². The number of pyridine rings is 2. The lowest BCUT2D eigenvalue weighted by Gasteiger charge is -2.11. The topological polar surface area (TPSA) is 84.9 Å². The third kappa shape index (κ3) is 2.51. The monoisotopic (exact) mass is 298 g/mol. The van der Waals surface area contributed by atoms with Crippen LogP contribution in [0.1, 0.15) is 5.69 Å². The first kappa shape index (κ1) is 13.3. The lowest BCUT2D eigenvalue weighted by Crippen LogP contribution is -2.14. The molecular weight excluding hydrogens is 288 g/mol. The first-order valence-corrected chi connectivity index (χ1v) is 6.55. The molecule has 3 aromatic rings. The average Bonchev–Trinajstić information content (AvgIpc) is 2.51. The van der Waals surface area contributed by atoms with Crippen LogP contribution >= 0.6 is 11.6 Å². The first-order valence-electron chi connectivity index (χ1n) is 6.17. The van der Waals surface area contributed by atoms with E-state index in [-0.39, 0.29) is 11.5 Å². The van der Waals surface area contributed by atoms with E-state index in [1.165, 1.54) is 0 Å². The lowest BCUT2D eigenvalue weighted by molar-refractivity contribution is 0.483. The number of nitrogen functional groups attached to an aromatic ring is 1. The summed E-state index contributed by atoms with van der Waals surface area (Å²) < 4.78 is 5.83. The number of nitrogens with one attached hydrogen (secondary N) is 1. The van der Waals surface area contributed by atoms with Crippen LogP contribution in [0.4, 0.5) is 0 Å². The van der Waals surface area contributed by atoms with Gasteiger partial charge < -0.3 is 10.5 Å². The van der Waals surface area contributed by atoms with Crippen LogP contribution in [0, 0.1) is 5.41 Å². The fourth-order valence-electron chi connectivity index (χ4n) is 1.99. The van der Waals surface area contributed by atoms with Crippen LogP contribution in [0.5, 0.6) is 11.5 Å². The van der Waals surface area contributed by atoms with Gasteiger partial charge in [0.1, 0.15) is 17.0 Å². The van der Waals surface area contributed by atoms with E-state index in [1.54, 1.807) is 36.7 Å². The smallest absolute Gasteiger partial charge is 0.156 e. The standard InChI is InChI=1S/C15H11ClN4O/c16-10-5-6-12(13-9(10)3-1-7-19-13)21-11-4-2-8-20-14(11)15(17)18/h1-8H,(H3,17,18). The van der Waals surface area contributed by atoms with Gasteiger partial charge in [0.2, 0.25) is 0 Å². The van der Waals surface area contributed by atoms with Crippen molar-refractivity contribution in [1.29, 1.82) is 5.41 Å². The number of amidine groups is 1. The van der Waals surface area contributed by atoms with Crippen LogP contribution in [-0.4, -0.2) is 15.8 Å². The molecule has 0 amide bonds. The fourth-order valence-corrected chi connectivity index (χ4v) is 2.20. The summed E-state index contributed by atoms with van der Waals surface area (Å²) in [7, 11) is 0. The Balaban J connectivity index is 2.11. The van der Waals surface area contributed by atoms with Crippen LogP contribution in [0.25, 0.3) is 10.9 Å². The number of benzene rings is 1. The lowest BCUT2D eigenvalue weighted by atomic mass is 10.2. The summed E-state index contributed by atoms with van der Waals surface area (Å²) in [6, 6.07) is 10.6. The SMILES string of the molecule is N=C(N)c1ncccc1Oc1ccc(Cl)c2cccnc12. The molecule has 0 radical (unpaired) electrons. The van der Waals surface area contributed by atoms with Crippen LogP contribution in [-0.2, 0) is 0 Å². The summed E-state index contributed by atoms with van der Waals surface area (Å²) in [4.78, 5) is 8.35. The van der Waals surface area contributed by atoms with Crippen molar-refractivity contribution in [1.82, 2.24) is 9.97 Å². The minimum Gasteiger partial charge on any atom is -0.453 e. The van der Waals surface area contributed by atoms with Crippen molar-refractivity contribution in [2.24, 2.45) is 5.73 Å². The maximum absolute atomic E-state index is 7.54. The molecule has 0 spiro atoms. The van der Waals surface area contributed by atoms with Gasteiger partial charge in [-0.15, -0.1) is 0 Å². The Hall–Kier alpha value is -2.66. The van der Waals surface area contributed by atoms with Crippen LogP contribution in [0.2, 0.25) is 5.02 Å². The number of nitrogens with two attached hydrogens (primary N) is 1. The summed E-state index contributed by atoms with van der Waals surface area (Å²) in [6.07, 6.45) is 3.22. The molecule has 3 N–H and O–H groups in total. The van der Waals surface area contributed by atoms with E-state index in [9.17, 15) is 0 Å². The minimum atomic E-state index is -0.156. The second-order valence-electron chi connectivity index (χ2n) is 4.31. The van der Waals surface area contributed by atoms with Gasteiger partial charge in [0.05, 0.1) is 5.02 Å². The van der Waals surface area contributed by atoms with Gasteiger partial charge in [0.25, 0.3) is 0 Å². The van der Waals surface area contributed by atoms with E-state index in [0.717, 1.165) is 5.39 Å². The number of fused-ring (bicyclic) bond motifs is 1. The number of hydrogen-bond donors (Lipinski definition) is 2. The number of ether oxygens (including phenoxy) is 1. The van der Waals surface area contributed by atoms with Crippen molar-refractivity contribution >= 4 is 28.3 Å². The van der Waals surface area contributed by atoms with Crippen LogP contribution in [0.15, 0.2) is 48.8 Å². The van der Waals surface area contributed by atoms with Crippen molar-refractivity contribution in [2.75, 3.05) is 0 Å². The summed E-state index contributed by atoms with van der Waals surface area (Å²) in [5, 5.41) is 8.93. The van der Waals surface area contributed by atoms with E-state index >= 15 is 0 Å². The van der Waals surface area contributed by atoms with Gasteiger partial charge in [-0.05, 0) is 36.4 Å². The Labute approximate surface area is 125 Å². The van der Waals surface area contributed by atoms with Crippen molar-refractivity contribution in [3.05, 3.63) is 59.5 Å². The Morgan fingerprint density at radius 1 is 1.05 bits per heavy atom. The Morgan fingerprint density at radius 3 is 2.62 bits per heavy atom. The molecule has 2 heterocycles. The molecule has 2 aromatic heterocycles. The van der Waals surface area contributed by atoms with Gasteiger partial charge in [0, 0.05) is 17.8 Å². The van der Waals surface area contributed by atoms with Crippen molar-refractivity contribution in [3.8, 4) is 11.5 Å². The number of rotatable bonds is 3. The molecule has 0 fully saturated rings. The molecule has 0 aliphatic rings. The predicted octanol–water partition coefficient (Wildman–Crippen LogP) is 3.36. The van der Waals surface area contributed by atoms with Gasteiger partial charge in [0.15, 0.2) is 11.5 Å². The molecule has 0 unspecified atom stereocenters. The van der Waals surface area contributed by atoms with Gasteiger partial charge >= 0.3 is 0 Å². The zero-order valence-corrected chi connectivity index (χ0v) is 11.6. The molecule has 1 aromatic carbocycles. The minimum absolute atomic E-state index is 0.156. The molecule has 104 valence electrons. The van der Waals surface area contributed by atoms with Gasteiger partial charge in [-0.25, -0.2) is 4.98 Å². The molecule has 21 heavy (non-hydrogen) atoms. The Kier molecular flexibility index (Phi) is 3.41. The summed E-state index contributed by atoms with van der Waals surface area (Å²) >= 11 is 6.15. The van der Waals surface area contributed by atoms with E-state index in [1.807, 2.05) is 12.1 Å². The largest absolute Gasteiger partial charge is 0.453 e. The molecular formula is C15H11ClN4O. The molecule has 0 aliphatic carbocycles. The zero-order chi connectivity index (χ0) is 14.8. The third-order valence-corrected chi connectivity index (χ3v) is 3.25. The number of aromatic nitrogens is 2. The molecule has 0 aliphatic heterocycles. The van der Waals surface area contributed by atoms with Gasteiger partial charge in [-0.1, -0.05) is 11.6 Å². The zero-order valence-electron chi connectivity index (χ0n) is 10.9. The average molecular weight is 299 g/mol. The molecule has 6 heteroatoms. The molecule has 3 rings (SSSR count). The summed E-state index contributed by atoms with van der Waals surface area (Å²) in [5.74, 6) is 0.779. The van der Waals surface area contributed by atoms with Gasteiger partial charge in [-0.2, -0.15) is 0 Å². The van der Waals surface area contributed by atoms with E-state index in [4.69, 9.17) is 27.5 Å². The molecule has 0 bridgehead atoms. The van der Waals surface area contributed by atoms with Crippen molar-refractivity contribution in [3.63, 3.8) is 0 Å². The van der Waals surface area contributed by atoms with E-state index in [0.29, 0.717) is 22.0 Å². The maximum atomic E-state index is 7.54. The number of halogens is 1. The molecule has 0 atom stereocenters.